The lowest BCUT2D eigenvalue weighted by atomic mass is 9.85. The Hall–Kier alpha value is -0.780. The topological polar surface area (TPSA) is 39.7 Å². The zero-order valence-corrected chi connectivity index (χ0v) is 13.8. The van der Waals surface area contributed by atoms with Crippen LogP contribution in [0.4, 0.5) is 0 Å². The first kappa shape index (κ1) is 15.6. The zero-order valence-electron chi connectivity index (χ0n) is 12.2. The van der Waals surface area contributed by atoms with Crippen LogP contribution >= 0.6 is 15.9 Å². The molecule has 0 radical (unpaired) electrons. The minimum Gasteiger partial charge on any atom is -0.493 e. The molecule has 0 amide bonds. The van der Waals surface area contributed by atoms with Crippen LogP contribution in [0.5, 0.6) is 11.5 Å². The molecule has 1 saturated carbocycles. The van der Waals surface area contributed by atoms with Gasteiger partial charge >= 0.3 is 0 Å². The van der Waals surface area contributed by atoms with Gasteiger partial charge in [0, 0.05) is 19.1 Å². The molecule has 0 heterocycles. The summed E-state index contributed by atoms with van der Waals surface area (Å²) in [6.07, 6.45) is 1.10. The molecule has 1 fully saturated rings. The maximum atomic E-state index is 6.11. The molecule has 1 N–H and O–H groups in total. The van der Waals surface area contributed by atoms with Gasteiger partial charge < -0.3 is 19.5 Å². The lowest BCUT2D eigenvalue weighted by molar-refractivity contribution is -0.105. The third-order valence-electron chi connectivity index (χ3n) is 3.49. The largest absolute Gasteiger partial charge is 0.493 e. The number of halogens is 1. The van der Waals surface area contributed by atoms with E-state index in [0.717, 1.165) is 28.9 Å². The van der Waals surface area contributed by atoms with Crippen LogP contribution in [0.1, 0.15) is 20.3 Å². The van der Waals surface area contributed by atoms with E-state index in [1.54, 1.807) is 7.11 Å². The van der Waals surface area contributed by atoms with E-state index in [9.17, 15) is 0 Å². The molecule has 0 saturated heterocycles. The number of ether oxygens (including phenoxy) is 3. The summed E-state index contributed by atoms with van der Waals surface area (Å²) in [5, 5.41) is 3.43. The Morgan fingerprint density at radius 3 is 2.80 bits per heavy atom. The number of rotatable bonds is 7. The van der Waals surface area contributed by atoms with Crippen molar-refractivity contribution in [3.63, 3.8) is 0 Å². The monoisotopic (exact) mass is 343 g/mol. The highest BCUT2D eigenvalue weighted by molar-refractivity contribution is 9.10. The summed E-state index contributed by atoms with van der Waals surface area (Å²) in [6.45, 7) is 5.75. The maximum Gasteiger partial charge on any atom is 0.175 e. The Balaban J connectivity index is 2.06. The summed E-state index contributed by atoms with van der Waals surface area (Å²) in [5.74, 6) is 1.49. The molecule has 5 heteroatoms. The van der Waals surface area contributed by atoms with Crippen LogP contribution in [-0.4, -0.2) is 38.5 Å². The van der Waals surface area contributed by atoms with E-state index in [1.807, 2.05) is 25.1 Å². The van der Waals surface area contributed by atoms with Crippen LogP contribution < -0.4 is 14.8 Å². The van der Waals surface area contributed by atoms with Crippen molar-refractivity contribution in [2.24, 2.45) is 0 Å². The molecule has 1 aliphatic rings. The molecular formula is C15H22BrNO3. The van der Waals surface area contributed by atoms with Crippen LogP contribution in [-0.2, 0) is 4.74 Å². The summed E-state index contributed by atoms with van der Waals surface area (Å²) in [7, 11) is 1.65. The Kier molecular flexibility index (Phi) is 5.69. The number of hydrogen-bond donors (Lipinski definition) is 1. The number of para-hydroxylation sites is 1. The SMILES string of the molecule is CCNC1CC(Oc2c(Br)cccc2OC)C1OCC. The van der Waals surface area contributed by atoms with Crippen LogP contribution in [0.2, 0.25) is 0 Å². The van der Waals surface area contributed by atoms with E-state index in [0.29, 0.717) is 12.6 Å². The molecule has 0 bridgehead atoms. The number of benzene rings is 1. The Labute approximate surface area is 128 Å². The first-order valence-corrected chi connectivity index (χ1v) is 7.84. The van der Waals surface area contributed by atoms with Gasteiger partial charge in [-0.25, -0.2) is 0 Å². The molecule has 3 unspecified atom stereocenters. The number of methoxy groups -OCH3 is 1. The predicted octanol–water partition coefficient (Wildman–Crippen LogP) is 2.99. The molecule has 0 spiro atoms. The van der Waals surface area contributed by atoms with Gasteiger partial charge in [-0.3, -0.25) is 0 Å². The smallest absolute Gasteiger partial charge is 0.175 e. The van der Waals surface area contributed by atoms with Crippen molar-refractivity contribution in [3.05, 3.63) is 22.7 Å². The highest BCUT2D eigenvalue weighted by atomic mass is 79.9. The predicted molar refractivity (Wildman–Crippen MR) is 82.6 cm³/mol. The average Bonchev–Trinajstić information content (AvgIpc) is 2.45. The molecule has 1 aromatic carbocycles. The van der Waals surface area contributed by atoms with Crippen molar-refractivity contribution in [2.75, 3.05) is 20.3 Å². The van der Waals surface area contributed by atoms with Crippen molar-refractivity contribution in [2.45, 2.75) is 38.5 Å². The van der Waals surface area contributed by atoms with E-state index in [2.05, 4.69) is 28.2 Å². The number of hydrogen-bond acceptors (Lipinski definition) is 4. The van der Waals surface area contributed by atoms with E-state index < -0.39 is 0 Å². The maximum absolute atomic E-state index is 6.11. The fraction of sp³-hybridized carbons (Fsp3) is 0.600. The minimum absolute atomic E-state index is 0.0617. The van der Waals surface area contributed by atoms with Crippen molar-refractivity contribution >= 4 is 15.9 Å². The van der Waals surface area contributed by atoms with Gasteiger partial charge in [0.15, 0.2) is 11.5 Å². The van der Waals surface area contributed by atoms with Crippen LogP contribution in [0.25, 0.3) is 0 Å². The first-order chi connectivity index (χ1) is 9.71. The third-order valence-corrected chi connectivity index (χ3v) is 4.12. The minimum atomic E-state index is 0.0617. The van der Waals surface area contributed by atoms with Crippen molar-refractivity contribution in [3.8, 4) is 11.5 Å². The number of nitrogens with one attached hydrogen (secondary N) is 1. The lowest BCUT2D eigenvalue weighted by Gasteiger charge is -2.44. The van der Waals surface area contributed by atoms with Gasteiger partial charge in [0.05, 0.1) is 11.6 Å². The summed E-state index contributed by atoms with van der Waals surface area (Å²) in [6, 6.07) is 6.15. The molecule has 112 valence electrons. The van der Waals surface area contributed by atoms with Gasteiger partial charge in [0.1, 0.15) is 12.2 Å². The molecule has 4 nitrogen and oxygen atoms in total. The lowest BCUT2D eigenvalue weighted by Crippen LogP contribution is -2.61. The highest BCUT2D eigenvalue weighted by Crippen LogP contribution is 2.39. The van der Waals surface area contributed by atoms with Gasteiger partial charge in [-0.15, -0.1) is 0 Å². The van der Waals surface area contributed by atoms with E-state index >= 15 is 0 Å². The summed E-state index contributed by atoms with van der Waals surface area (Å²) in [4.78, 5) is 0. The van der Waals surface area contributed by atoms with Gasteiger partial charge in [-0.05, 0) is 41.5 Å². The van der Waals surface area contributed by atoms with Gasteiger partial charge in [0.25, 0.3) is 0 Å². The average molecular weight is 344 g/mol. The number of likely N-dealkylation sites (N-methyl/N-ethyl adjacent to an activating group) is 1. The van der Waals surface area contributed by atoms with Crippen LogP contribution in [0.3, 0.4) is 0 Å². The zero-order chi connectivity index (χ0) is 14.5. The quantitative estimate of drug-likeness (QED) is 0.826. The molecule has 2 rings (SSSR count). The molecule has 0 aliphatic heterocycles. The molecule has 20 heavy (non-hydrogen) atoms. The third kappa shape index (κ3) is 3.27. The van der Waals surface area contributed by atoms with Crippen LogP contribution in [0.15, 0.2) is 22.7 Å². The summed E-state index contributed by atoms with van der Waals surface area (Å²) < 4.78 is 18.2. The fourth-order valence-corrected chi connectivity index (χ4v) is 2.93. The van der Waals surface area contributed by atoms with E-state index in [1.165, 1.54) is 0 Å². The summed E-state index contributed by atoms with van der Waals surface area (Å²) >= 11 is 3.51. The highest BCUT2D eigenvalue weighted by Gasteiger charge is 2.43. The second-order valence-electron chi connectivity index (χ2n) is 4.75. The van der Waals surface area contributed by atoms with E-state index in [4.69, 9.17) is 14.2 Å². The van der Waals surface area contributed by atoms with E-state index in [-0.39, 0.29) is 12.2 Å². The van der Waals surface area contributed by atoms with Gasteiger partial charge in [-0.1, -0.05) is 13.0 Å². The first-order valence-electron chi connectivity index (χ1n) is 7.05. The van der Waals surface area contributed by atoms with Crippen molar-refractivity contribution in [1.29, 1.82) is 0 Å². The molecule has 3 atom stereocenters. The Bertz CT molecular complexity index is 441. The molecule has 0 aromatic heterocycles. The summed E-state index contributed by atoms with van der Waals surface area (Å²) in [5.41, 5.74) is 0. The standard InChI is InChI=1S/C15H22BrNO3/c1-4-17-11-9-13(15(11)19-5-2)20-14-10(16)7-6-8-12(14)18-3/h6-8,11,13,15,17H,4-5,9H2,1-3H3. The normalized spacial score (nSPS) is 25.1. The van der Waals surface area contributed by atoms with Gasteiger partial charge in [0.2, 0.25) is 0 Å². The second-order valence-corrected chi connectivity index (χ2v) is 5.60. The molecule has 1 aliphatic carbocycles. The molecular weight excluding hydrogens is 322 g/mol. The Morgan fingerprint density at radius 1 is 1.35 bits per heavy atom. The van der Waals surface area contributed by atoms with Crippen molar-refractivity contribution in [1.82, 2.24) is 5.32 Å². The Morgan fingerprint density at radius 2 is 2.15 bits per heavy atom. The molecule has 1 aromatic rings. The fourth-order valence-electron chi connectivity index (χ4n) is 2.49. The van der Waals surface area contributed by atoms with Crippen molar-refractivity contribution < 1.29 is 14.2 Å². The second kappa shape index (κ2) is 7.29. The van der Waals surface area contributed by atoms with Gasteiger partial charge in [-0.2, -0.15) is 0 Å². The van der Waals surface area contributed by atoms with Crippen LogP contribution in [0, 0.1) is 0 Å².